The van der Waals surface area contributed by atoms with Crippen LogP contribution in [0, 0.1) is 5.41 Å². The van der Waals surface area contributed by atoms with Gasteiger partial charge in [0, 0.05) is 42.9 Å². The lowest BCUT2D eigenvalue weighted by molar-refractivity contribution is 0.129. The molecule has 1 atom stereocenters. The minimum Gasteiger partial charge on any atom is -0.387 e. The zero-order chi connectivity index (χ0) is 19.0. The standard InChI is InChI=1S/C19H29Cl2N3O2/c1-3-22-18(24-13-19(5-6-19)7-8-26-4-2)23-12-17(25)14-9-15(20)11-16(21)10-14/h9-11,17,25H,3-8,12-13H2,1-2H3,(H2,22,23,24). The summed E-state index contributed by atoms with van der Waals surface area (Å²) in [4.78, 5) is 4.70. The van der Waals surface area contributed by atoms with E-state index < -0.39 is 6.10 Å². The Bertz CT molecular complexity index is 586. The number of benzene rings is 1. The van der Waals surface area contributed by atoms with E-state index in [1.54, 1.807) is 18.2 Å². The minimum absolute atomic E-state index is 0.288. The van der Waals surface area contributed by atoms with Crippen molar-refractivity contribution in [3.05, 3.63) is 33.8 Å². The van der Waals surface area contributed by atoms with E-state index in [9.17, 15) is 5.11 Å². The smallest absolute Gasteiger partial charge is 0.191 e. The number of aliphatic hydroxyl groups is 1. The highest BCUT2D eigenvalue weighted by atomic mass is 35.5. The number of aliphatic imine (C=N–C) groups is 1. The van der Waals surface area contributed by atoms with Crippen molar-refractivity contribution < 1.29 is 9.84 Å². The molecule has 0 heterocycles. The Morgan fingerprint density at radius 2 is 1.92 bits per heavy atom. The second kappa shape index (κ2) is 10.4. The zero-order valence-corrected chi connectivity index (χ0v) is 17.0. The molecule has 0 radical (unpaired) electrons. The lowest BCUT2D eigenvalue weighted by atomic mass is 10.0. The summed E-state index contributed by atoms with van der Waals surface area (Å²) in [5.74, 6) is 0.711. The van der Waals surface area contributed by atoms with E-state index in [4.69, 9.17) is 32.9 Å². The molecule has 1 aliphatic carbocycles. The normalized spacial score (nSPS) is 17.0. The van der Waals surface area contributed by atoms with Gasteiger partial charge in [-0.2, -0.15) is 0 Å². The van der Waals surface area contributed by atoms with Gasteiger partial charge < -0.3 is 20.5 Å². The van der Waals surface area contributed by atoms with Crippen LogP contribution in [0.25, 0.3) is 0 Å². The summed E-state index contributed by atoms with van der Waals surface area (Å²) in [6.07, 6.45) is 2.73. The van der Waals surface area contributed by atoms with E-state index in [0.29, 0.717) is 28.1 Å². The van der Waals surface area contributed by atoms with Gasteiger partial charge >= 0.3 is 0 Å². The van der Waals surface area contributed by atoms with Crippen LogP contribution >= 0.6 is 23.2 Å². The molecule has 0 aliphatic heterocycles. The molecule has 1 aromatic rings. The first-order valence-corrected chi connectivity index (χ1v) is 9.97. The third-order valence-corrected chi connectivity index (χ3v) is 5.02. The summed E-state index contributed by atoms with van der Waals surface area (Å²) in [5, 5.41) is 17.8. The van der Waals surface area contributed by atoms with Crippen LogP contribution in [0.1, 0.15) is 44.8 Å². The number of ether oxygens (including phenoxy) is 1. The molecule has 1 aromatic carbocycles. The number of hydrogen-bond acceptors (Lipinski definition) is 3. The maximum Gasteiger partial charge on any atom is 0.191 e. The predicted molar refractivity (Wildman–Crippen MR) is 108 cm³/mol. The Hall–Kier alpha value is -1.01. The molecule has 2 rings (SSSR count). The average molecular weight is 402 g/mol. The number of hydrogen-bond donors (Lipinski definition) is 3. The van der Waals surface area contributed by atoms with Crippen LogP contribution in [0.2, 0.25) is 10.0 Å². The number of nitrogens with one attached hydrogen (secondary N) is 2. The Labute approximate surface area is 166 Å². The van der Waals surface area contributed by atoms with Crippen LogP contribution in [-0.4, -0.2) is 43.9 Å². The van der Waals surface area contributed by atoms with E-state index in [0.717, 1.165) is 32.7 Å². The number of aliphatic hydroxyl groups excluding tert-OH is 1. The largest absolute Gasteiger partial charge is 0.387 e. The van der Waals surface area contributed by atoms with Crippen molar-refractivity contribution in [2.45, 2.75) is 39.2 Å². The maximum absolute atomic E-state index is 10.4. The second-order valence-corrected chi connectivity index (χ2v) is 7.61. The van der Waals surface area contributed by atoms with Gasteiger partial charge in [-0.15, -0.1) is 0 Å². The molecule has 7 heteroatoms. The molecular formula is C19H29Cl2N3O2. The molecule has 0 bridgehead atoms. The van der Waals surface area contributed by atoms with Crippen LogP contribution < -0.4 is 10.6 Å². The molecule has 0 amide bonds. The molecule has 0 spiro atoms. The summed E-state index contributed by atoms with van der Waals surface area (Å²) < 4.78 is 5.48. The average Bonchev–Trinajstić information content (AvgIpc) is 3.36. The molecular weight excluding hydrogens is 373 g/mol. The Morgan fingerprint density at radius 3 is 2.50 bits per heavy atom. The molecule has 3 N–H and O–H groups in total. The summed E-state index contributed by atoms with van der Waals surface area (Å²) in [6, 6.07) is 5.09. The van der Waals surface area contributed by atoms with Crippen molar-refractivity contribution in [3.63, 3.8) is 0 Å². The highest BCUT2D eigenvalue weighted by Crippen LogP contribution is 2.49. The fraction of sp³-hybridized carbons (Fsp3) is 0.632. The Kier molecular flexibility index (Phi) is 8.48. The first kappa shape index (κ1) is 21.3. The molecule has 0 saturated heterocycles. The van der Waals surface area contributed by atoms with Gasteiger partial charge in [0.05, 0.1) is 6.10 Å². The first-order chi connectivity index (χ1) is 12.5. The van der Waals surface area contributed by atoms with Gasteiger partial charge in [-0.3, -0.25) is 4.99 Å². The molecule has 1 fully saturated rings. The van der Waals surface area contributed by atoms with E-state index in [1.807, 2.05) is 13.8 Å². The third kappa shape index (κ3) is 6.95. The van der Waals surface area contributed by atoms with Gasteiger partial charge in [0.25, 0.3) is 0 Å². The van der Waals surface area contributed by atoms with Crippen molar-refractivity contribution >= 4 is 29.2 Å². The van der Waals surface area contributed by atoms with Crippen molar-refractivity contribution in [2.75, 3.05) is 32.8 Å². The van der Waals surface area contributed by atoms with Crippen molar-refractivity contribution in [2.24, 2.45) is 10.4 Å². The molecule has 1 saturated carbocycles. The van der Waals surface area contributed by atoms with Crippen LogP contribution in [0.15, 0.2) is 23.2 Å². The zero-order valence-electron chi connectivity index (χ0n) is 15.5. The fourth-order valence-electron chi connectivity index (χ4n) is 2.76. The molecule has 1 aliphatic rings. The van der Waals surface area contributed by atoms with Crippen molar-refractivity contribution in [1.82, 2.24) is 10.6 Å². The summed E-state index contributed by atoms with van der Waals surface area (Å²) in [5.41, 5.74) is 0.970. The lowest BCUT2D eigenvalue weighted by Gasteiger charge is -2.18. The molecule has 0 aromatic heterocycles. The van der Waals surface area contributed by atoms with Gasteiger partial charge in [0.1, 0.15) is 0 Å². The summed E-state index contributed by atoms with van der Waals surface area (Å²) in [7, 11) is 0. The Balaban J connectivity index is 1.88. The van der Waals surface area contributed by atoms with E-state index >= 15 is 0 Å². The number of nitrogens with zero attached hydrogens (tertiary/aromatic N) is 1. The molecule has 146 valence electrons. The van der Waals surface area contributed by atoms with Crippen molar-refractivity contribution in [1.29, 1.82) is 0 Å². The summed E-state index contributed by atoms with van der Waals surface area (Å²) in [6.45, 7) is 7.45. The topological polar surface area (TPSA) is 65.9 Å². The number of halogens is 2. The SMILES string of the molecule is CCNC(=NCC1(CCOCC)CC1)NCC(O)c1cc(Cl)cc(Cl)c1. The van der Waals surface area contributed by atoms with Crippen LogP contribution in [0.4, 0.5) is 0 Å². The van der Waals surface area contributed by atoms with Crippen LogP contribution in [0.5, 0.6) is 0 Å². The first-order valence-electron chi connectivity index (χ1n) is 9.22. The van der Waals surface area contributed by atoms with Crippen LogP contribution in [-0.2, 0) is 4.74 Å². The highest BCUT2D eigenvalue weighted by molar-refractivity contribution is 6.34. The second-order valence-electron chi connectivity index (χ2n) is 6.74. The minimum atomic E-state index is -0.720. The number of guanidine groups is 1. The number of rotatable bonds is 10. The van der Waals surface area contributed by atoms with Crippen molar-refractivity contribution in [3.8, 4) is 0 Å². The van der Waals surface area contributed by atoms with Gasteiger partial charge in [-0.25, -0.2) is 0 Å². The van der Waals surface area contributed by atoms with Crippen LogP contribution in [0.3, 0.4) is 0 Å². The monoisotopic (exact) mass is 401 g/mol. The van der Waals surface area contributed by atoms with Gasteiger partial charge in [0.2, 0.25) is 0 Å². The molecule has 26 heavy (non-hydrogen) atoms. The van der Waals surface area contributed by atoms with E-state index in [1.165, 1.54) is 12.8 Å². The van der Waals surface area contributed by atoms with E-state index in [-0.39, 0.29) is 5.41 Å². The lowest BCUT2D eigenvalue weighted by Crippen LogP contribution is -2.39. The molecule has 1 unspecified atom stereocenters. The predicted octanol–water partition coefficient (Wildman–Crippen LogP) is 3.79. The fourth-order valence-corrected chi connectivity index (χ4v) is 3.31. The third-order valence-electron chi connectivity index (χ3n) is 4.59. The quantitative estimate of drug-likeness (QED) is 0.317. The Morgan fingerprint density at radius 1 is 1.23 bits per heavy atom. The highest BCUT2D eigenvalue weighted by Gasteiger charge is 2.41. The summed E-state index contributed by atoms with van der Waals surface area (Å²) >= 11 is 12.0. The van der Waals surface area contributed by atoms with Gasteiger partial charge in [0.15, 0.2) is 5.96 Å². The molecule has 5 nitrogen and oxygen atoms in total. The van der Waals surface area contributed by atoms with E-state index in [2.05, 4.69) is 10.6 Å². The van der Waals surface area contributed by atoms with Gasteiger partial charge in [-0.05, 0) is 62.3 Å². The maximum atomic E-state index is 10.4. The van der Waals surface area contributed by atoms with Gasteiger partial charge in [-0.1, -0.05) is 23.2 Å².